The molecule has 1 aliphatic heterocycles. The topological polar surface area (TPSA) is 143 Å². The zero-order chi connectivity index (χ0) is 25.5. The van der Waals surface area contributed by atoms with Crippen molar-refractivity contribution >= 4 is 30.1 Å². The maximum Gasteiger partial charge on any atom is 0.408 e. The Kier molecular flexibility index (Phi) is 8.56. The normalized spacial score (nSPS) is 21.4. The lowest BCUT2D eigenvalue weighted by molar-refractivity contribution is -0.131. The summed E-state index contributed by atoms with van der Waals surface area (Å²) in [7, 11) is 0. The monoisotopic (exact) mass is 498 g/mol. The molecule has 0 aromatic heterocycles. The lowest BCUT2D eigenvalue weighted by atomic mass is 9.98. The summed E-state index contributed by atoms with van der Waals surface area (Å²) in [5.74, 6) is -1.000. The van der Waals surface area contributed by atoms with Gasteiger partial charge in [-0.3, -0.25) is 14.4 Å². The zero-order valence-corrected chi connectivity index (χ0v) is 20.2. The first-order valence-corrected chi connectivity index (χ1v) is 12.7. The highest BCUT2D eigenvalue weighted by atomic mass is 16.5. The van der Waals surface area contributed by atoms with Gasteiger partial charge in [0.1, 0.15) is 25.0 Å². The van der Waals surface area contributed by atoms with Crippen molar-refractivity contribution < 1.29 is 28.7 Å². The third-order valence-electron chi connectivity index (χ3n) is 6.95. The Morgan fingerprint density at radius 2 is 1.72 bits per heavy atom. The van der Waals surface area contributed by atoms with Crippen LogP contribution in [-0.4, -0.2) is 54.8 Å². The third-order valence-corrected chi connectivity index (χ3v) is 6.95. The molecule has 0 radical (unpaired) electrons. The summed E-state index contributed by atoms with van der Waals surface area (Å²) < 4.78 is 5.27. The second-order valence-electron chi connectivity index (χ2n) is 10.0. The van der Waals surface area contributed by atoms with E-state index >= 15 is 0 Å². The zero-order valence-electron chi connectivity index (χ0n) is 20.2. The predicted molar refractivity (Wildman–Crippen MR) is 129 cm³/mol. The Morgan fingerprint density at radius 3 is 2.33 bits per heavy atom. The van der Waals surface area contributed by atoms with Crippen molar-refractivity contribution in [1.82, 2.24) is 21.3 Å². The minimum atomic E-state index is -0.826. The summed E-state index contributed by atoms with van der Waals surface area (Å²) in [5, 5.41) is 10.9. The quantitative estimate of drug-likeness (QED) is 0.301. The fraction of sp³-hybridized carbons (Fsp3) is 0.577. The highest BCUT2D eigenvalue weighted by Gasteiger charge is 2.40. The number of amides is 4. The summed E-state index contributed by atoms with van der Waals surface area (Å²) >= 11 is 0. The van der Waals surface area contributed by atoms with Gasteiger partial charge in [-0.25, -0.2) is 4.79 Å². The van der Waals surface area contributed by atoms with E-state index in [1.165, 1.54) is 0 Å². The van der Waals surface area contributed by atoms with Crippen LogP contribution < -0.4 is 21.3 Å². The average molecular weight is 499 g/mol. The molecule has 3 aliphatic rings. The number of nitrogens with one attached hydrogen (secondary N) is 4. The Hall–Kier alpha value is -3.43. The second kappa shape index (κ2) is 12.0. The molecule has 2 saturated carbocycles. The number of carbonyl (C=O) groups excluding carboxylic acids is 5. The number of carbonyl (C=O) groups is 5. The molecule has 4 N–H and O–H groups in total. The van der Waals surface area contributed by atoms with E-state index < -0.39 is 36.0 Å². The summed E-state index contributed by atoms with van der Waals surface area (Å²) in [4.78, 5) is 62.1. The molecule has 4 rings (SSSR count). The van der Waals surface area contributed by atoms with Gasteiger partial charge in [0.05, 0.1) is 6.04 Å². The van der Waals surface area contributed by atoms with Crippen molar-refractivity contribution in [3.05, 3.63) is 35.9 Å². The van der Waals surface area contributed by atoms with Gasteiger partial charge in [-0.1, -0.05) is 43.2 Å². The maximum absolute atomic E-state index is 13.1. The fourth-order valence-corrected chi connectivity index (χ4v) is 4.51. The molecule has 4 amide bonds. The molecule has 0 spiro atoms. The van der Waals surface area contributed by atoms with Crippen LogP contribution in [0, 0.1) is 17.8 Å². The van der Waals surface area contributed by atoms with Crippen LogP contribution in [0.2, 0.25) is 0 Å². The molecular weight excluding hydrogens is 464 g/mol. The Morgan fingerprint density at radius 1 is 0.972 bits per heavy atom. The number of hydrogen-bond acceptors (Lipinski definition) is 6. The Labute approximate surface area is 210 Å². The van der Waals surface area contributed by atoms with E-state index in [-0.39, 0.29) is 30.8 Å². The van der Waals surface area contributed by atoms with Gasteiger partial charge >= 0.3 is 6.09 Å². The van der Waals surface area contributed by atoms with Gasteiger partial charge in [-0.15, -0.1) is 0 Å². The lowest BCUT2D eigenvalue weighted by Crippen LogP contribution is -2.56. The maximum atomic E-state index is 13.1. The molecule has 1 heterocycles. The van der Waals surface area contributed by atoms with Crippen LogP contribution in [0.15, 0.2) is 30.3 Å². The fourth-order valence-electron chi connectivity index (χ4n) is 4.51. The summed E-state index contributed by atoms with van der Waals surface area (Å²) in [6, 6.07) is 6.81. The van der Waals surface area contributed by atoms with Crippen LogP contribution in [0.5, 0.6) is 0 Å². The van der Waals surface area contributed by atoms with Crippen LogP contribution >= 0.6 is 0 Å². The van der Waals surface area contributed by atoms with E-state index in [0.717, 1.165) is 31.2 Å². The van der Waals surface area contributed by atoms with Crippen LogP contribution in [0.1, 0.15) is 50.5 Å². The molecule has 0 unspecified atom stereocenters. The molecule has 10 heteroatoms. The molecule has 3 fully saturated rings. The lowest BCUT2D eigenvalue weighted by Gasteiger charge is -2.24. The Bertz CT molecular complexity index is 962. The molecule has 194 valence electrons. The van der Waals surface area contributed by atoms with E-state index in [4.69, 9.17) is 4.74 Å². The van der Waals surface area contributed by atoms with Crippen molar-refractivity contribution in [2.75, 3.05) is 6.54 Å². The van der Waals surface area contributed by atoms with Gasteiger partial charge in [0.25, 0.3) is 0 Å². The smallest absolute Gasteiger partial charge is 0.408 e. The standard InChI is InChI=1S/C26H34N4O6/c31-14-20(13-19-10-11-27-23(19)32)28-24(33)21(12-16-6-7-16)29-25(34)22(18-8-9-18)30-26(35)36-15-17-4-2-1-3-5-17/h1-5,14,16,18-22H,6-13,15H2,(H,27,32)(H,28,33)(H,29,34)(H,30,35)/t19-,20-,21-,22-/m0/s1. The number of benzene rings is 1. The van der Waals surface area contributed by atoms with Crippen molar-refractivity contribution in [3.63, 3.8) is 0 Å². The van der Waals surface area contributed by atoms with E-state index in [2.05, 4.69) is 21.3 Å². The Balaban J connectivity index is 1.32. The van der Waals surface area contributed by atoms with Crippen molar-refractivity contribution in [2.24, 2.45) is 17.8 Å². The predicted octanol–water partition coefficient (Wildman–Crippen LogP) is 1.19. The molecule has 1 aromatic rings. The van der Waals surface area contributed by atoms with Gasteiger partial charge in [0.2, 0.25) is 17.7 Å². The molecule has 2 aliphatic carbocycles. The average Bonchev–Trinajstić information content (AvgIpc) is 3.81. The van der Waals surface area contributed by atoms with E-state index in [1.54, 1.807) is 0 Å². The highest BCUT2D eigenvalue weighted by molar-refractivity contribution is 5.92. The first-order valence-electron chi connectivity index (χ1n) is 12.7. The SMILES string of the molecule is O=C[C@H](C[C@@H]1CCNC1=O)NC(=O)[C@H](CC1CC1)NC(=O)[C@@H](NC(=O)OCc1ccccc1)C1CC1. The minimum Gasteiger partial charge on any atom is -0.445 e. The van der Waals surface area contributed by atoms with E-state index in [9.17, 15) is 24.0 Å². The van der Waals surface area contributed by atoms with Crippen LogP contribution in [0.25, 0.3) is 0 Å². The first-order chi connectivity index (χ1) is 17.4. The van der Waals surface area contributed by atoms with Crippen molar-refractivity contribution in [2.45, 2.75) is 69.7 Å². The molecule has 36 heavy (non-hydrogen) atoms. The second-order valence-corrected chi connectivity index (χ2v) is 10.0. The number of ether oxygens (including phenoxy) is 1. The van der Waals surface area contributed by atoms with Gasteiger partial charge in [0.15, 0.2) is 0 Å². The van der Waals surface area contributed by atoms with Crippen molar-refractivity contribution in [1.29, 1.82) is 0 Å². The molecule has 4 atom stereocenters. The van der Waals surface area contributed by atoms with Gasteiger partial charge in [-0.05, 0) is 49.5 Å². The molecule has 0 bridgehead atoms. The summed E-state index contributed by atoms with van der Waals surface area (Å²) in [6.07, 6.45) is 4.82. The van der Waals surface area contributed by atoms with Gasteiger partial charge in [0, 0.05) is 12.5 Å². The van der Waals surface area contributed by atoms with E-state index in [0.29, 0.717) is 31.6 Å². The molecule has 10 nitrogen and oxygen atoms in total. The number of hydrogen-bond donors (Lipinski definition) is 4. The van der Waals surface area contributed by atoms with Crippen molar-refractivity contribution in [3.8, 4) is 0 Å². The first kappa shape index (κ1) is 25.7. The highest BCUT2D eigenvalue weighted by Crippen LogP contribution is 2.35. The number of aldehydes is 1. The molecule has 1 saturated heterocycles. The number of rotatable bonds is 13. The molecule has 1 aromatic carbocycles. The van der Waals surface area contributed by atoms with Gasteiger partial charge in [-0.2, -0.15) is 0 Å². The minimum absolute atomic E-state index is 0.0116. The number of alkyl carbamates (subject to hydrolysis) is 1. The van der Waals surface area contributed by atoms with Crippen LogP contribution in [0.4, 0.5) is 4.79 Å². The molecular formula is C26H34N4O6. The summed E-state index contributed by atoms with van der Waals surface area (Å²) in [5.41, 5.74) is 0.834. The van der Waals surface area contributed by atoms with Gasteiger partial charge < -0.3 is 30.8 Å². The van der Waals surface area contributed by atoms with E-state index in [1.807, 2.05) is 30.3 Å². The summed E-state index contributed by atoms with van der Waals surface area (Å²) in [6.45, 7) is 0.650. The largest absolute Gasteiger partial charge is 0.445 e. The van der Waals surface area contributed by atoms with Crippen LogP contribution in [-0.2, 0) is 30.5 Å². The van der Waals surface area contributed by atoms with Crippen LogP contribution in [0.3, 0.4) is 0 Å². The third kappa shape index (κ3) is 7.53.